The topological polar surface area (TPSA) is 67.6 Å². The number of para-hydroxylation sites is 4. The van der Waals surface area contributed by atoms with Crippen LogP contribution in [0.3, 0.4) is 0 Å². The highest BCUT2D eigenvalue weighted by Gasteiger charge is 2.17. The summed E-state index contributed by atoms with van der Waals surface area (Å²) < 4.78 is 7.11. The summed E-state index contributed by atoms with van der Waals surface area (Å²) in [4.78, 5) is 17.9. The Kier molecular flexibility index (Phi) is 4.22. The van der Waals surface area contributed by atoms with Crippen LogP contribution in [0.5, 0.6) is 11.5 Å². The Balaban J connectivity index is 1.88. The van der Waals surface area contributed by atoms with E-state index < -0.39 is 0 Å². The van der Waals surface area contributed by atoms with Crippen LogP contribution in [0.1, 0.15) is 0 Å². The van der Waals surface area contributed by atoms with E-state index in [1.165, 1.54) is 18.1 Å². The molecule has 6 nitrogen and oxygen atoms in total. The zero-order valence-corrected chi connectivity index (χ0v) is 14.6. The summed E-state index contributed by atoms with van der Waals surface area (Å²) in [6.45, 7) is 0. The fourth-order valence-corrected chi connectivity index (χ4v) is 3.10. The van der Waals surface area contributed by atoms with E-state index in [2.05, 4.69) is 4.98 Å². The van der Waals surface area contributed by atoms with Crippen LogP contribution < -0.4 is 9.64 Å². The number of aromatic hydroxyl groups is 1. The lowest BCUT2D eigenvalue weighted by molar-refractivity contribution is -0.106. The highest BCUT2D eigenvalue weighted by atomic mass is 16.5. The van der Waals surface area contributed by atoms with Gasteiger partial charge >= 0.3 is 0 Å². The molecular formula is C21H17N3O3. The molecule has 1 aromatic heterocycles. The van der Waals surface area contributed by atoms with Crippen molar-refractivity contribution in [2.75, 3.05) is 12.0 Å². The van der Waals surface area contributed by atoms with Crippen LogP contribution in [-0.2, 0) is 4.79 Å². The maximum Gasteiger partial charge on any atom is 0.218 e. The minimum absolute atomic E-state index is 0.0148. The minimum Gasteiger partial charge on any atom is -0.504 e. The van der Waals surface area contributed by atoms with Crippen LogP contribution in [0.15, 0.2) is 73.1 Å². The van der Waals surface area contributed by atoms with E-state index in [0.717, 1.165) is 23.1 Å². The van der Waals surface area contributed by atoms with Crippen LogP contribution in [0.25, 0.3) is 16.7 Å². The van der Waals surface area contributed by atoms with Gasteiger partial charge in [0.25, 0.3) is 0 Å². The van der Waals surface area contributed by atoms with Crippen molar-refractivity contribution in [2.24, 2.45) is 0 Å². The number of methoxy groups -OCH3 is 1. The molecule has 6 heteroatoms. The van der Waals surface area contributed by atoms with Gasteiger partial charge in [0, 0.05) is 6.07 Å². The van der Waals surface area contributed by atoms with Crippen molar-refractivity contribution in [3.63, 3.8) is 0 Å². The molecule has 1 N–H and O–H groups in total. The van der Waals surface area contributed by atoms with Crippen LogP contribution in [-0.4, -0.2) is 28.2 Å². The lowest BCUT2D eigenvalue weighted by Gasteiger charge is -2.22. The number of ether oxygens (including phenoxy) is 1. The summed E-state index contributed by atoms with van der Waals surface area (Å²) >= 11 is 0. The molecule has 0 atom stereocenters. The molecule has 0 saturated heterocycles. The Hall–Kier alpha value is -3.80. The first kappa shape index (κ1) is 16.7. The quantitative estimate of drug-likeness (QED) is 0.546. The van der Waals surface area contributed by atoms with Crippen LogP contribution in [0.2, 0.25) is 0 Å². The zero-order valence-electron chi connectivity index (χ0n) is 14.6. The number of fused-ring (bicyclic) bond motifs is 1. The number of carbonyl (C=O) groups excluding carboxylic acids is 1. The van der Waals surface area contributed by atoms with E-state index in [0.29, 0.717) is 17.1 Å². The Bertz CT molecular complexity index is 1120. The van der Waals surface area contributed by atoms with Gasteiger partial charge in [0.1, 0.15) is 6.33 Å². The SMILES string of the molecule is COc1cc(N(C=O)c2ccccc2-n2cnc3ccccc32)ccc1O. The van der Waals surface area contributed by atoms with E-state index in [9.17, 15) is 9.90 Å². The molecule has 0 spiro atoms. The highest BCUT2D eigenvalue weighted by molar-refractivity contribution is 5.91. The number of imidazole rings is 1. The number of hydrogen-bond acceptors (Lipinski definition) is 4. The van der Waals surface area contributed by atoms with Crippen molar-refractivity contribution in [3.05, 3.63) is 73.1 Å². The number of aromatic nitrogens is 2. The average Bonchev–Trinajstić information content (AvgIpc) is 3.14. The first-order valence-corrected chi connectivity index (χ1v) is 8.36. The van der Waals surface area contributed by atoms with Gasteiger partial charge in [0.2, 0.25) is 6.41 Å². The lowest BCUT2D eigenvalue weighted by atomic mass is 10.2. The second-order valence-corrected chi connectivity index (χ2v) is 5.92. The fourth-order valence-electron chi connectivity index (χ4n) is 3.10. The molecule has 1 heterocycles. The summed E-state index contributed by atoms with van der Waals surface area (Å²) in [5.74, 6) is 0.311. The number of rotatable bonds is 5. The number of phenols is 1. The number of anilines is 2. The summed E-state index contributed by atoms with van der Waals surface area (Å²) in [6.07, 6.45) is 2.48. The van der Waals surface area contributed by atoms with Crippen molar-refractivity contribution < 1.29 is 14.6 Å². The van der Waals surface area contributed by atoms with Crippen molar-refractivity contribution in [3.8, 4) is 17.2 Å². The third-order valence-electron chi connectivity index (χ3n) is 4.40. The summed E-state index contributed by atoms with van der Waals surface area (Å²) in [5.41, 5.74) is 3.89. The van der Waals surface area contributed by atoms with E-state index in [1.807, 2.05) is 53.1 Å². The molecule has 0 radical (unpaired) electrons. The van der Waals surface area contributed by atoms with E-state index in [4.69, 9.17) is 4.74 Å². The molecule has 0 aliphatic heterocycles. The molecule has 0 unspecified atom stereocenters. The zero-order chi connectivity index (χ0) is 18.8. The Morgan fingerprint density at radius 3 is 2.67 bits per heavy atom. The van der Waals surface area contributed by atoms with E-state index in [-0.39, 0.29) is 5.75 Å². The van der Waals surface area contributed by atoms with Crippen molar-refractivity contribution in [1.82, 2.24) is 9.55 Å². The van der Waals surface area contributed by atoms with Crippen molar-refractivity contribution >= 4 is 28.8 Å². The first-order valence-electron chi connectivity index (χ1n) is 8.36. The minimum atomic E-state index is 0.0148. The molecule has 134 valence electrons. The summed E-state index contributed by atoms with van der Waals surface area (Å²) in [7, 11) is 1.47. The third kappa shape index (κ3) is 2.87. The largest absolute Gasteiger partial charge is 0.504 e. The van der Waals surface area contributed by atoms with Gasteiger partial charge in [0.15, 0.2) is 11.5 Å². The van der Waals surface area contributed by atoms with E-state index in [1.54, 1.807) is 18.5 Å². The van der Waals surface area contributed by atoms with Gasteiger partial charge in [0.05, 0.1) is 35.2 Å². The number of phenolic OH excluding ortho intramolecular Hbond substituents is 1. The van der Waals surface area contributed by atoms with Crippen molar-refractivity contribution in [2.45, 2.75) is 0 Å². The van der Waals surface area contributed by atoms with Gasteiger partial charge < -0.3 is 9.84 Å². The maximum atomic E-state index is 12.0. The standard InChI is InChI=1S/C21H17N3O3/c1-27-21-12-15(10-11-20(21)26)24(14-25)19-9-5-4-8-18(19)23-13-22-16-6-2-3-7-17(16)23/h2-14,26H,1H3. The second-order valence-electron chi connectivity index (χ2n) is 5.92. The lowest BCUT2D eigenvalue weighted by Crippen LogP contribution is -2.16. The van der Waals surface area contributed by atoms with Crippen molar-refractivity contribution in [1.29, 1.82) is 0 Å². The average molecular weight is 359 g/mol. The first-order chi connectivity index (χ1) is 13.2. The molecule has 0 aliphatic carbocycles. The number of hydrogen-bond donors (Lipinski definition) is 1. The van der Waals surface area contributed by atoms with Gasteiger partial charge in [-0.05, 0) is 36.4 Å². The Labute approximate surface area is 155 Å². The van der Waals surface area contributed by atoms with E-state index >= 15 is 0 Å². The van der Waals surface area contributed by atoms with Gasteiger partial charge in [-0.2, -0.15) is 0 Å². The molecule has 4 rings (SSSR count). The van der Waals surface area contributed by atoms with Gasteiger partial charge in [-0.25, -0.2) is 4.98 Å². The molecule has 0 fully saturated rings. The monoisotopic (exact) mass is 359 g/mol. The second kappa shape index (κ2) is 6.84. The smallest absolute Gasteiger partial charge is 0.218 e. The number of carbonyl (C=O) groups is 1. The molecule has 3 aromatic carbocycles. The fraction of sp³-hybridized carbons (Fsp3) is 0.0476. The van der Waals surface area contributed by atoms with Crippen LogP contribution in [0.4, 0.5) is 11.4 Å². The Morgan fingerprint density at radius 1 is 1.07 bits per heavy atom. The van der Waals surface area contributed by atoms with Crippen LogP contribution >= 0.6 is 0 Å². The normalized spacial score (nSPS) is 10.7. The third-order valence-corrected chi connectivity index (χ3v) is 4.40. The molecular weight excluding hydrogens is 342 g/mol. The predicted octanol–water partition coefficient (Wildman–Crippen LogP) is 4.03. The van der Waals surface area contributed by atoms with Gasteiger partial charge in [-0.1, -0.05) is 24.3 Å². The number of nitrogens with zero attached hydrogens (tertiary/aromatic N) is 3. The number of amides is 1. The maximum absolute atomic E-state index is 12.0. The molecule has 27 heavy (non-hydrogen) atoms. The molecule has 0 aliphatic rings. The highest BCUT2D eigenvalue weighted by Crippen LogP contribution is 2.36. The predicted molar refractivity (Wildman–Crippen MR) is 104 cm³/mol. The molecule has 4 aromatic rings. The van der Waals surface area contributed by atoms with Gasteiger partial charge in [-0.3, -0.25) is 14.3 Å². The number of benzene rings is 3. The molecule has 1 amide bonds. The Morgan fingerprint density at radius 2 is 1.85 bits per heavy atom. The van der Waals surface area contributed by atoms with Crippen LogP contribution in [0, 0.1) is 0 Å². The summed E-state index contributed by atoms with van der Waals surface area (Å²) in [6, 6.07) is 20.2. The molecule has 0 bridgehead atoms. The van der Waals surface area contributed by atoms with Gasteiger partial charge in [-0.15, -0.1) is 0 Å². The summed E-state index contributed by atoms with van der Waals surface area (Å²) in [5, 5.41) is 9.84. The molecule has 0 saturated carbocycles.